The Labute approximate surface area is 189 Å². The van der Waals surface area contributed by atoms with Crippen LogP contribution >= 0.6 is 0 Å². The van der Waals surface area contributed by atoms with Gasteiger partial charge in [-0.15, -0.1) is 0 Å². The lowest BCUT2D eigenvalue weighted by Crippen LogP contribution is -2.56. The number of ether oxygens (including phenoxy) is 2. The van der Waals surface area contributed by atoms with Crippen LogP contribution in [0.2, 0.25) is 0 Å². The number of likely N-dealkylation sites (tertiary alicyclic amines) is 1. The van der Waals surface area contributed by atoms with Gasteiger partial charge in [-0.1, -0.05) is 18.2 Å². The van der Waals surface area contributed by atoms with Crippen molar-refractivity contribution in [3.8, 4) is 11.5 Å². The average Bonchev–Trinajstić information content (AvgIpc) is 3.15. The molecule has 0 saturated carbocycles. The zero-order chi connectivity index (χ0) is 22.9. The Bertz CT molecular complexity index is 1040. The molecule has 0 aliphatic carbocycles. The van der Waals surface area contributed by atoms with Gasteiger partial charge in [-0.05, 0) is 51.0 Å². The fourth-order valence-corrected chi connectivity index (χ4v) is 4.33. The molecular formula is C25H32N4O3. The Balaban J connectivity index is 1.66. The maximum Gasteiger partial charge on any atom is 0.257 e. The van der Waals surface area contributed by atoms with Crippen LogP contribution in [-0.4, -0.2) is 55.0 Å². The topological polar surface area (TPSA) is 75.2 Å². The highest BCUT2D eigenvalue weighted by molar-refractivity contribution is 6.05. The van der Waals surface area contributed by atoms with E-state index in [2.05, 4.69) is 43.5 Å². The molecule has 0 radical (unpaired) electrons. The van der Waals surface area contributed by atoms with E-state index in [1.165, 1.54) is 5.56 Å². The van der Waals surface area contributed by atoms with Gasteiger partial charge in [0.05, 0.1) is 30.9 Å². The highest BCUT2D eigenvalue weighted by Crippen LogP contribution is 2.33. The Kier molecular flexibility index (Phi) is 5.86. The molecule has 1 fully saturated rings. The summed E-state index contributed by atoms with van der Waals surface area (Å²) in [7, 11) is 3.17. The Morgan fingerprint density at radius 1 is 1.12 bits per heavy atom. The van der Waals surface area contributed by atoms with Crippen molar-refractivity contribution in [2.45, 2.75) is 44.8 Å². The molecule has 7 nitrogen and oxygen atoms in total. The van der Waals surface area contributed by atoms with Crippen molar-refractivity contribution in [1.29, 1.82) is 0 Å². The monoisotopic (exact) mass is 436 g/mol. The second kappa shape index (κ2) is 8.47. The van der Waals surface area contributed by atoms with Crippen LogP contribution in [-0.2, 0) is 6.54 Å². The molecule has 7 heteroatoms. The van der Waals surface area contributed by atoms with Crippen LogP contribution in [0, 0.1) is 0 Å². The van der Waals surface area contributed by atoms with E-state index in [4.69, 9.17) is 14.5 Å². The van der Waals surface area contributed by atoms with E-state index >= 15 is 0 Å². The number of rotatable bonds is 3. The molecule has 170 valence electrons. The number of aliphatic imine (C=N–C) groups is 1. The van der Waals surface area contributed by atoms with E-state index in [9.17, 15) is 4.79 Å². The number of hydrogen-bond acceptors (Lipinski definition) is 5. The lowest BCUT2D eigenvalue weighted by molar-refractivity contribution is 0.0782. The van der Waals surface area contributed by atoms with E-state index < -0.39 is 5.54 Å². The number of methoxy groups -OCH3 is 2. The lowest BCUT2D eigenvalue weighted by Gasteiger charge is -2.32. The van der Waals surface area contributed by atoms with Gasteiger partial charge in [-0.2, -0.15) is 0 Å². The third-order valence-corrected chi connectivity index (χ3v) is 5.98. The van der Waals surface area contributed by atoms with Crippen molar-refractivity contribution in [3.05, 3.63) is 53.6 Å². The van der Waals surface area contributed by atoms with Gasteiger partial charge in [-0.25, -0.2) is 0 Å². The first-order chi connectivity index (χ1) is 15.2. The van der Waals surface area contributed by atoms with Crippen LogP contribution in [0.4, 0.5) is 5.69 Å². The number of benzene rings is 2. The number of carbonyl (C=O) groups excluding carboxylic acids is 1. The molecule has 2 aromatic carbocycles. The smallest absolute Gasteiger partial charge is 0.257 e. The normalized spacial score (nSPS) is 21.8. The van der Waals surface area contributed by atoms with E-state index in [1.807, 2.05) is 17.0 Å². The number of para-hydroxylation sites is 1. The van der Waals surface area contributed by atoms with Crippen molar-refractivity contribution in [2.75, 3.05) is 32.6 Å². The maximum absolute atomic E-state index is 13.5. The quantitative estimate of drug-likeness (QED) is 0.767. The van der Waals surface area contributed by atoms with Crippen molar-refractivity contribution in [1.82, 2.24) is 10.2 Å². The molecule has 2 aliphatic heterocycles. The van der Waals surface area contributed by atoms with Gasteiger partial charge < -0.3 is 19.7 Å². The summed E-state index contributed by atoms with van der Waals surface area (Å²) in [4.78, 5) is 20.4. The summed E-state index contributed by atoms with van der Waals surface area (Å²) >= 11 is 0. The molecule has 1 amide bonds. The van der Waals surface area contributed by atoms with Crippen LogP contribution < -0.4 is 20.1 Å². The van der Waals surface area contributed by atoms with Gasteiger partial charge in [0.25, 0.3) is 5.91 Å². The molecule has 0 unspecified atom stereocenters. The fraction of sp³-hybridized carbons (Fsp3) is 0.440. The van der Waals surface area contributed by atoms with Gasteiger partial charge in [0, 0.05) is 31.4 Å². The fourth-order valence-electron chi connectivity index (χ4n) is 4.33. The molecule has 2 heterocycles. The number of nitrogens with one attached hydrogen (secondary N) is 2. The van der Waals surface area contributed by atoms with E-state index in [-0.39, 0.29) is 11.4 Å². The summed E-state index contributed by atoms with van der Waals surface area (Å²) in [6.45, 7) is 8.13. The van der Waals surface area contributed by atoms with Gasteiger partial charge in [0.1, 0.15) is 17.3 Å². The highest BCUT2D eigenvalue weighted by atomic mass is 16.5. The predicted octanol–water partition coefficient (Wildman–Crippen LogP) is 3.70. The molecule has 1 atom stereocenters. The minimum atomic E-state index is -0.443. The van der Waals surface area contributed by atoms with Gasteiger partial charge in [0.15, 0.2) is 0 Å². The SMILES string of the molecule is COc1ccc(C(=O)N2CC[C@@]3(C2)NCc2ccccc2NC3=NC(C)(C)C)c(OC)c1. The van der Waals surface area contributed by atoms with Crippen molar-refractivity contribution < 1.29 is 14.3 Å². The van der Waals surface area contributed by atoms with E-state index in [0.717, 1.165) is 17.9 Å². The molecule has 0 aromatic heterocycles. The molecule has 2 aliphatic rings. The van der Waals surface area contributed by atoms with Crippen LogP contribution in [0.5, 0.6) is 11.5 Å². The number of carbonyl (C=O) groups is 1. The summed E-state index contributed by atoms with van der Waals surface area (Å²) in [5.41, 5.74) is 2.08. The molecule has 2 N–H and O–H groups in total. The molecule has 1 saturated heterocycles. The Morgan fingerprint density at radius 3 is 2.62 bits per heavy atom. The standard InChI is InChI=1S/C25H32N4O3/c1-24(2,3)28-23-25(26-15-17-8-6-7-9-20(17)27-23)12-13-29(16-25)22(30)19-11-10-18(31-4)14-21(19)32-5/h6-11,14,26H,12-13,15-16H2,1-5H3,(H,27,28)/t25-/m0/s1. The second-order valence-corrected chi connectivity index (χ2v) is 9.39. The van der Waals surface area contributed by atoms with Gasteiger partial charge in [0.2, 0.25) is 0 Å². The Hall–Kier alpha value is -3.06. The summed E-state index contributed by atoms with van der Waals surface area (Å²) in [6, 6.07) is 13.6. The van der Waals surface area contributed by atoms with Crippen LogP contribution in [0.25, 0.3) is 0 Å². The van der Waals surface area contributed by atoms with E-state index in [0.29, 0.717) is 36.7 Å². The van der Waals surface area contributed by atoms with Crippen LogP contribution in [0.15, 0.2) is 47.5 Å². The summed E-state index contributed by atoms with van der Waals surface area (Å²) < 4.78 is 10.7. The zero-order valence-electron chi connectivity index (χ0n) is 19.5. The third-order valence-electron chi connectivity index (χ3n) is 5.98. The average molecular weight is 437 g/mol. The molecular weight excluding hydrogens is 404 g/mol. The lowest BCUT2D eigenvalue weighted by atomic mass is 9.95. The number of amidine groups is 1. The first-order valence-corrected chi connectivity index (χ1v) is 11.0. The number of fused-ring (bicyclic) bond motifs is 1. The van der Waals surface area contributed by atoms with Crippen molar-refractivity contribution >= 4 is 17.4 Å². The first kappa shape index (κ1) is 22.1. The number of anilines is 1. The molecule has 32 heavy (non-hydrogen) atoms. The van der Waals surface area contributed by atoms with Crippen molar-refractivity contribution in [2.24, 2.45) is 4.99 Å². The summed E-state index contributed by atoms with van der Waals surface area (Å²) in [5.74, 6) is 1.99. The van der Waals surface area contributed by atoms with E-state index in [1.54, 1.807) is 32.4 Å². The number of hydrogen-bond donors (Lipinski definition) is 2. The van der Waals surface area contributed by atoms with Crippen molar-refractivity contribution in [3.63, 3.8) is 0 Å². The maximum atomic E-state index is 13.5. The largest absolute Gasteiger partial charge is 0.497 e. The number of nitrogens with zero attached hydrogens (tertiary/aromatic N) is 2. The molecule has 1 spiro atoms. The second-order valence-electron chi connectivity index (χ2n) is 9.39. The summed E-state index contributed by atoms with van der Waals surface area (Å²) in [6.07, 6.45) is 0.771. The molecule has 2 aromatic rings. The van der Waals surface area contributed by atoms with Gasteiger partial charge in [-0.3, -0.25) is 15.1 Å². The highest BCUT2D eigenvalue weighted by Gasteiger charge is 2.46. The summed E-state index contributed by atoms with van der Waals surface area (Å²) in [5, 5.41) is 7.32. The predicted molar refractivity (Wildman–Crippen MR) is 127 cm³/mol. The zero-order valence-corrected chi connectivity index (χ0v) is 19.5. The van der Waals surface area contributed by atoms with Gasteiger partial charge >= 0.3 is 0 Å². The van der Waals surface area contributed by atoms with Crippen LogP contribution in [0.3, 0.4) is 0 Å². The molecule has 0 bridgehead atoms. The third kappa shape index (κ3) is 4.30. The Morgan fingerprint density at radius 2 is 1.91 bits per heavy atom. The minimum Gasteiger partial charge on any atom is -0.497 e. The van der Waals surface area contributed by atoms with Crippen LogP contribution in [0.1, 0.15) is 43.1 Å². The molecule has 4 rings (SSSR count). The number of amides is 1. The first-order valence-electron chi connectivity index (χ1n) is 11.0. The minimum absolute atomic E-state index is 0.0555.